The van der Waals surface area contributed by atoms with Crippen molar-refractivity contribution >= 4 is 23.4 Å². The second-order valence-corrected chi connectivity index (χ2v) is 5.37. The normalized spacial score (nSPS) is 12.3. The monoisotopic (exact) mass is 279 g/mol. The number of thioether (sulfide) groups is 1. The Morgan fingerprint density at radius 1 is 1.53 bits per heavy atom. The molecule has 1 atom stereocenters. The van der Waals surface area contributed by atoms with E-state index in [1.807, 2.05) is 13.8 Å². The average Bonchev–Trinajstić information content (AvgIpc) is 2.74. The summed E-state index contributed by atoms with van der Waals surface area (Å²) in [4.78, 5) is 14.4. The van der Waals surface area contributed by atoms with Crippen LogP contribution in [0.5, 0.6) is 0 Å². The van der Waals surface area contributed by atoms with Gasteiger partial charge in [0.25, 0.3) is 5.69 Å². The number of nitro groups is 1. The number of aryl methyl sites for hydroxylation is 1. The molecule has 1 aromatic heterocycles. The minimum atomic E-state index is -0.398. The Morgan fingerprint density at radius 3 is 2.84 bits per heavy atom. The molecule has 0 aliphatic rings. The Morgan fingerprint density at radius 2 is 2.26 bits per heavy atom. The topological polar surface area (TPSA) is 111 Å². The highest BCUT2D eigenvalue weighted by Gasteiger charge is 2.16. The molecule has 0 unspecified atom stereocenters. The van der Waals surface area contributed by atoms with Gasteiger partial charge in [0, 0.05) is 17.4 Å². The van der Waals surface area contributed by atoms with Gasteiger partial charge in [-0.25, -0.2) is 5.10 Å². The van der Waals surface area contributed by atoms with E-state index in [0.717, 1.165) is 11.1 Å². The largest absolute Gasteiger partial charge is 0.368 e. The number of H-pyrrole nitrogens is 1. The summed E-state index contributed by atoms with van der Waals surface area (Å²) in [5.74, 6) is 0.255. The summed E-state index contributed by atoms with van der Waals surface area (Å²) >= 11 is 1.40. The fourth-order valence-corrected chi connectivity index (χ4v) is 2.66. The zero-order valence-corrected chi connectivity index (χ0v) is 11.3. The number of hydrogen-bond donors (Lipinski definition) is 2. The number of nitrogens with zero attached hydrogens (tertiary/aromatic N) is 3. The molecular weight excluding hydrogens is 266 g/mol. The maximum absolute atomic E-state index is 10.8. The molecule has 2 aromatic rings. The summed E-state index contributed by atoms with van der Waals surface area (Å²) in [6.45, 7) is 3.87. The van der Waals surface area contributed by atoms with Crippen molar-refractivity contribution in [3.63, 3.8) is 0 Å². The zero-order valence-electron chi connectivity index (χ0n) is 10.5. The van der Waals surface area contributed by atoms with E-state index in [2.05, 4.69) is 15.2 Å². The van der Waals surface area contributed by atoms with Crippen molar-refractivity contribution < 1.29 is 4.92 Å². The summed E-state index contributed by atoms with van der Waals surface area (Å²) in [7, 11) is 0. The first-order valence-electron chi connectivity index (χ1n) is 5.57. The molecule has 7 nitrogen and oxygen atoms in total. The van der Waals surface area contributed by atoms with Gasteiger partial charge >= 0.3 is 0 Å². The quantitative estimate of drug-likeness (QED) is 0.505. The van der Waals surface area contributed by atoms with Gasteiger partial charge in [0.15, 0.2) is 0 Å². The summed E-state index contributed by atoms with van der Waals surface area (Å²) in [5.41, 5.74) is 7.43. The van der Waals surface area contributed by atoms with Crippen LogP contribution >= 0.6 is 11.8 Å². The van der Waals surface area contributed by atoms with Crippen molar-refractivity contribution in [3.8, 4) is 0 Å². The van der Waals surface area contributed by atoms with Crippen LogP contribution in [0.15, 0.2) is 23.4 Å². The third-order valence-corrected chi connectivity index (χ3v) is 3.68. The van der Waals surface area contributed by atoms with E-state index in [4.69, 9.17) is 5.73 Å². The number of non-ortho nitro benzene ring substituents is 1. The van der Waals surface area contributed by atoms with Crippen molar-refractivity contribution in [2.24, 2.45) is 0 Å². The number of aromatic amines is 1. The lowest BCUT2D eigenvalue weighted by molar-refractivity contribution is -0.384. The predicted octanol–water partition coefficient (Wildman–Crippen LogP) is 2.46. The Hall–Kier alpha value is -2.09. The summed E-state index contributed by atoms with van der Waals surface area (Å²) in [6, 6.07) is 4.83. The van der Waals surface area contributed by atoms with Crippen LogP contribution in [-0.4, -0.2) is 20.1 Å². The first kappa shape index (κ1) is 13.3. The second kappa shape index (κ2) is 5.27. The first-order chi connectivity index (χ1) is 8.97. The number of nitrogens with two attached hydrogens (primary N) is 1. The van der Waals surface area contributed by atoms with E-state index in [1.54, 1.807) is 12.1 Å². The van der Waals surface area contributed by atoms with Gasteiger partial charge in [-0.2, -0.15) is 4.98 Å². The summed E-state index contributed by atoms with van der Waals surface area (Å²) in [6.07, 6.45) is 0. The number of rotatable bonds is 4. The molecule has 0 saturated heterocycles. The van der Waals surface area contributed by atoms with Crippen LogP contribution in [0.3, 0.4) is 0 Å². The van der Waals surface area contributed by atoms with Crippen LogP contribution in [0.2, 0.25) is 0 Å². The van der Waals surface area contributed by atoms with Crippen molar-refractivity contribution in [2.75, 3.05) is 5.73 Å². The molecule has 0 bridgehead atoms. The number of aromatic nitrogens is 3. The lowest BCUT2D eigenvalue weighted by Gasteiger charge is -2.12. The second-order valence-electron chi connectivity index (χ2n) is 4.06. The van der Waals surface area contributed by atoms with Crippen molar-refractivity contribution in [3.05, 3.63) is 39.4 Å². The Balaban J connectivity index is 2.25. The number of benzene rings is 1. The standard InChI is InChI=1S/C11H13N5O2S/c1-6-3-4-8(16(17)18)5-9(6)7(2)19-11-13-10(12)14-15-11/h3-5,7H,1-2H3,(H3,12,13,14,15)/t7-/m1/s1. The van der Waals surface area contributed by atoms with Gasteiger partial charge < -0.3 is 5.73 Å². The highest BCUT2D eigenvalue weighted by Crippen LogP contribution is 2.35. The molecule has 8 heteroatoms. The molecule has 0 saturated carbocycles. The van der Waals surface area contributed by atoms with Crippen LogP contribution in [0.4, 0.5) is 11.6 Å². The zero-order chi connectivity index (χ0) is 14.0. The smallest absolute Gasteiger partial charge is 0.269 e. The molecule has 19 heavy (non-hydrogen) atoms. The SMILES string of the molecule is Cc1ccc([N+](=O)[O-])cc1[C@@H](C)Sc1n[nH]c(N)n1. The number of anilines is 1. The van der Waals surface area contributed by atoms with Gasteiger partial charge in [0.2, 0.25) is 11.1 Å². The van der Waals surface area contributed by atoms with Crippen LogP contribution in [0.1, 0.15) is 23.3 Å². The summed E-state index contributed by atoms with van der Waals surface area (Å²) < 4.78 is 0. The number of nitro benzene ring substituents is 1. The Kier molecular flexibility index (Phi) is 3.70. The molecule has 0 spiro atoms. The minimum Gasteiger partial charge on any atom is -0.368 e. The summed E-state index contributed by atoms with van der Waals surface area (Å²) in [5, 5.41) is 17.8. The maximum Gasteiger partial charge on any atom is 0.269 e. The fourth-order valence-electron chi connectivity index (χ4n) is 1.71. The third-order valence-electron chi connectivity index (χ3n) is 2.68. The van der Waals surface area contributed by atoms with Gasteiger partial charge in [-0.1, -0.05) is 17.8 Å². The Labute approximate surface area is 113 Å². The molecule has 1 aromatic carbocycles. The van der Waals surface area contributed by atoms with E-state index in [1.165, 1.54) is 17.8 Å². The van der Waals surface area contributed by atoms with Gasteiger partial charge in [-0.15, -0.1) is 5.10 Å². The van der Waals surface area contributed by atoms with Crippen LogP contribution < -0.4 is 5.73 Å². The van der Waals surface area contributed by atoms with E-state index in [9.17, 15) is 10.1 Å². The molecule has 0 amide bonds. The number of nitrogen functional groups attached to an aromatic ring is 1. The molecule has 0 radical (unpaired) electrons. The van der Waals surface area contributed by atoms with Crippen LogP contribution in [0.25, 0.3) is 0 Å². The third kappa shape index (κ3) is 3.02. The fraction of sp³-hybridized carbons (Fsp3) is 0.273. The van der Waals surface area contributed by atoms with E-state index < -0.39 is 4.92 Å². The van der Waals surface area contributed by atoms with Crippen LogP contribution in [0, 0.1) is 17.0 Å². The molecule has 3 N–H and O–H groups in total. The van der Waals surface area contributed by atoms with Gasteiger partial charge in [0.1, 0.15) is 0 Å². The highest BCUT2D eigenvalue weighted by molar-refractivity contribution is 7.99. The molecule has 0 fully saturated rings. The van der Waals surface area contributed by atoms with E-state index in [-0.39, 0.29) is 16.9 Å². The van der Waals surface area contributed by atoms with Crippen LogP contribution in [-0.2, 0) is 0 Å². The molecule has 2 rings (SSSR count). The average molecular weight is 279 g/mol. The van der Waals surface area contributed by atoms with Gasteiger partial charge in [0.05, 0.1) is 4.92 Å². The van der Waals surface area contributed by atoms with E-state index >= 15 is 0 Å². The molecule has 100 valence electrons. The first-order valence-corrected chi connectivity index (χ1v) is 6.45. The van der Waals surface area contributed by atoms with E-state index in [0.29, 0.717) is 5.16 Å². The molecule has 0 aliphatic carbocycles. The number of hydrogen-bond acceptors (Lipinski definition) is 6. The lowest BCUT2D eigenvalue weighted by atomic mass is 10.1. The Bertz CT molecular complexity index is 613. The van der Waals surface area contributed by atoms with Crippen molar-refractivity contribution in [2.45, 2.75) is 24.3 Å². The maximum atomic E-state index is 10.8. The van der Waals surface area contributed by atoms with Gasteiger partial charge in [-0.05, 0) is 25.0 Å². The number of nitrogens with one attached hydrogen (secondary N) is 1. The minimum absolute atomic E-state index is 0.00454. The lowest BCUT2D eigenvalue weighted by Crippen LogP contribution is -1.96. The molecular formula is C11H13N5O2S. The van der Waals surface area contributed by atoms with Crippen molar-refractivity contribution in [1.29, 1.82) is 0 Å². The predicted molar refractivity (Wildman–Crippen MR) is 72.9 cm³/mol. The van der Waals surface area contributed by atoms with Crippen molar-refractivity contribution in [1.82, 2.24) is 15.2 Å². The molecule has 0 aliphatic heterocycles. The highest BCUT2D eigenvalue weighted by atomic mass is 32.2. The van der Waals surface area contributed by atoms with Gasteiger partial charge in [-0.3, -0.25) is 10.1 Å². The molecule has 1 heterocycles.